The number of benzene rings is 1. The van der Waals surface area contributed by atoms with E-state index in [0.717, 1.165) is 12.0 Å². The van der Waals surface area contributed by atoms with Gasteiger partial charge in [-0.3, -0.25) is 9.00 Å². The Morgan fingerprint density at radius 1 is 1.28 bits per heavy atom. The van der Waals surface area contributed by atoms with Crippen LogP contribution in [0.15, 0.2) is 18.2 Å². The number of hydrogen-bond donors (Lipinski definition) is 0. The van der Waals surface area contributed by atoms with Gasteiger partial charge < -0.3 is 0 Å². The minimum Gasteiger partial charge on any atom is -0.293 e. The van der Waals surface area contributed by atoms with Gasteiger partial charge in [-0.05, 0) is 37.0 Å². The molecule has 0 bridgehead atoms. The van der Waals surface area contributed by atoms with Gasteiger partial charge in [0.15, 0.2) is 5.78 Å². The van der Waals surface area contributed by atoms with Crippen LogP contribution in [0.4, 0.5) is 0 Å². The maximum absolute atomic E-state index is 12.0. The van der Waals surface area contributed by atoms with E-state index in [1.165, 1.54) is 5.56 Å². The molecular formula is C15H22O2S. The van der Waals surface area contributed by atoms with Crippen LogP contribution in [0.5, 0.6) is 0 Å². The molecule has 0 heterocycles. The lowest BCUT2D eigenvalue weighted by molar-refractivity contribution is 0.102. The Morgan fingerprint density at radius 2 is 1.94 bits per heavy atom. The summed E-state index contributed by atoms with van der Waals surface area (Å²) < 4.78 is 11.8. The third-order valence-electron chi connectivity index (χ3n) is 3.29. The topological polar surface area (TPSA) is 34.1 Å². The average Bonchev–Trinajstić information content (AvgIpc) is 2.32. The lowest BCUT2D eigenvalue weighted by atomic mass is 10.0. The molecule has 0 radical (unpaired) electrons. The molecule has 1 aromatic carbocycles. The molecule has 2 atom stereocenters. The maximum Gasteiger partial charge on any atom is 0.175 e. The molecule has 0 N–H and O–H groups in total. The van der Waals surface area contributed by atoms with Crippen LogP contribution in [-0.2, 0) is 10.8 Å². The van der Waals surface area contributed by atoms with Crippen LogP contribution < -0.4 is 0 Å². The van der Waals surface area contributed by atoms with Gasteiger partial charge in [0.25, 0.3) is 0 Å². The van der Waals surface area contributed by atoms with E-state index in [0.29, 0.717) is 17.2 Å². The van der Waals surface area contributed by atoms with E-state index in [1.54, 1.807) is 0 Å². The first kappa shape index (κ1) is 15.1. The third-order valence-corrected chi connectivity index (χ3v) is 4.81. The first-order chi connectivity index (χ1) is 8.43. The maximum atomic E-state index is 12.0. The van der Waals surface area contributed by atoms with Crippen LogP contribution in [0.1, 0.15) is 41.8 Å². The van der Waals surface area contributed by atoms with E-state index in [1.807, 2.05) is 32.0 Å². The molecule has 2 nitrogen and oxygen atoms in total. The number of aryl methyl sites for hydroxylation is 2. The van der Waals surface area contributed by atoms with E-state index in [2.05, 4.69) is 13.8 Å². The van der Waals surface area contributed by atoms with Crippen molar-refractivity contribution in [2.75, 3.05) is 11.5 Å². The minimum atomic E-state index is -1.04. The number of carbonyl (C=O) groups excluding carboxylic acids is 1. The number of ketones is 1. The number of carbonyl (C=O) groups is 1. The molecule has 0 fully saturated rings. The Bertz CT molecular complexity index is 452. The number of rotatable bonds is 6. The van der Waals surface area contributed by atoms with Crippen molar-refractivity contribution in [1.82, 2.24) is 0 Å². The molecule has 0 amide bonds. The van der Waals surface area contributed by atoms with Crippen molar-refractivity contribution in [3.05, 3.63) is 34.9 Å². The summed E-state index contributed by atoms with van der Waals surface area (Å²) in [4.78, 5) is 12.0. The first-order valence-corrected chi connectivity index (χ1v) is 7.88. The zero-order valence-electron chi connectivity index (χ0n) is 11.7. The monoisotopic (exact) mass is 266 g/mol. The van der Waals surface area contributed by atoms with Gasteiger partial charge in [0.05, 0.1) is 5.75 Å². The molecule has 0 aromatic heterocycles. The Balaban J connectivity index is 2.65. The van der Waals surface area contributed by atoms with Crippen molar-refractivity contribution in [2.45, 2.75) is 34.1 Å². The van der Waals surface area contributed by atoms with Crippen molar-refractivity contribution in [2.24, 2.45) is 5.92 Å². The molecule has 0 saturated heterocycles. The highest BCUT2D eigenvalue weighted by atomic mass is 32.2. The first-order valence-electron chi connectivity index (χ1n) is 6.39. The molecule has 18 heavy (non-hydrogen) atoms. The summed E-state index contributed by atoms with van der Waals surface area (Å²) in [6, 6.07) is 5.66. The number of hydrogen-bond acceptors (Lipinski definition) is 2. The molecule has 1 aromatic rings. The van der Waals surface area contributed by atoms with Gasteiger partial charge in [-0.15, -0.1) is 0 Å². The largest absolute Gasteiger partial charge is 0.293 e. The van der Waals surface area contributed by atoms with Gasteiger partial charge >= 0.3 is 0 Å². The fraction of sp³-hybridized carbons (Fsp3) is 0.533. The molecule has 100 valence electrons. The smallest absolute Gasteiger partial charge is 0.175 e. The summed E-state index contributed by atoms with van der Waals surface area (Å²) in [5, 5.41) is 0. The van der Waals surface area contributed by atoms with E-state index >= 15 is 0 Å². The number of Topliss-reactive ketones (excluding diaryl/α,β-unsaturated/α-hetero) is 1. The normalized spacial score (nSPS) is 14.2. The second-order valence-electron chi connectivity index (χ2n) is 4.99. The van der Waals surface area contributed by atoms with Crippen molar-refractivity contribution in [3.8, 4) is 0 Å². The van der Waals surface area contributed by atoms with E-state index < -0.39 is 10.8 Å². The highest BCUT2D eigenvalue weighted by molar-refractivity contribution is 7.85. The van der Waals surface area contributed by atoms with Crippen LogP contribution in [0.25, 0.3) is 0 Å². The summed E-state index contributed by atoms with van der Waals surface area (Å²) in [6.45, 7) is 8.15. The van der Waals surface area contributed by atoms with Gasteiger partial charge in [-0.2, -0.15) is 0 Å². The van der Waals surface area contributed by atoms with E-state index in [-0.39, 0.29) is 11.5 Å². The fourth-order valence-corrected chi connectivity index (χ4v) is 3.09. The third kappa shape index (κ3) is 4.37. The van der Waals surface area contributed by atoms with Crippen LogP contribution in [-0.4, -0.2) is 21.5 Å². The van der Waals surface area contributed by atoms with Gasteiger partial charge in [-0.1, -0.05) is 32.4 Å². The molecule has 2 unspecified atom stereocenters. The Labute approximate surface area is 112 Å². The lowest BCUT2D eigenvalue weighted by Crippen LogP contribution is -2.16. The van der Waals surface area contributed by atoms with Crippen LogP contribution in [0.2, 0.25) is 0 Å². The minimum absolute atomic E-state index is 0.0141. The van der Waals surface area contributed by atoms with Gasteiger partial charge in [0, 0.05) is 22.1 Å². The van der Waals surface area contributed by atoms with E-state index in [4.69, 9.17) is 0 Å². The predicted octanol–water partition coefficient (Wildman–Crippen LogP) is 3.28. The fourth-order valence-electron chi connectivity index (χ4n) is 1.64. The Morgan fingerprint density at radius 3 is 2.50 bits per heavy atom. The molecule has 0 aliphatic rings. The van der Waals surface area contributed by atoms with Gasteiger partial charge in [0.1, 0.15) is 0 Å². The molecule has 0 saturated carbocycles. The summed E-state index contributed by atoms with van der Waals surface area (Å²) in [7, 11) is -1.04. The molecule has 1 rings (SSSR count). The molecule has 3 heteroatoms. The van der Waals surface area contributed by atoms with Crippen LogP contribution >= 0.6 is 0 Å². The molecular weight excluding hydrogens is 244 g/mol. The predicted molar refractivity (Wildman–Crippen MR) is 77.6 cm³/mol. The highest BCUT2D eigenvalue weighted by Gasteiger charge is 2.13. The summed E-state index contributed by atoms with van der Waals surface area (Å²) in [6.07, 6.45) is 1.00. The summed E-state index contributed by atoms with van der Waals surface area (Å²) in [5.41, 5.74) is 2.96. The Hall–Kier alpha value is -0.960. The summed E-state index contributed by atoms with van der Waals surface area (Å²) >= 11 is 0. The van der Waals surface area contributed by atoms with Crippen molar-refractivity contribution in [1.29, 1.82) is 0 Å². The van der Waals surface area contributed by atoms with Crippen molar-refractivity contribution in [3.63, 3.8) is 0 Å². The zero-order chi connectivity index (χ0) is 13.7. The lowest BCUT2D eigenvalue weighted by Gasteiger charge is -2.08. The van der Waals surface area contributed by atoms with Crippen molar-refractivity contribution < 1.29 is 9.00 Å². The average molecular weight is 266 g/mol. The second kappa shape index (κ2) is 6.83. The van der Waals surface area contributed by atoms with Crippen molar-refractivity contribution >= 4 is 16.6 Å². The molecule has 0 aliphatic carbocycles. The highest BCUT2D eigenvalue weighted by Crippen LogP contribution is 2.11. The Kier molecular flexibility index (Phi) is 5.73. The van der Waals surface area contributed by atoms with Gasteiger partial charge in [-0.25, -0.2) is 0 Å². The second-order valence-corrected chi connectivity index (χ2v) is 6.49. The quantitative estimate of drug-likeness (QED) is 0.740. The van der Waals surface area contributed by atoms with Crippen LogP contribution in [0, 0.1) is 19.8 Å². The van der Waals surface area contributed by atoms with Gasteiger partial charge in [0.2, 0.25) is 0 Å². The molecule has 0 aliphatic heterocycles. The SMILES string of the molecule is CCC(C)CS(=O)CC(=O)c1ccc(C)c(C)c1. The standard InChI is InChI=1S/C15H22O2S/c1-5-11(2)9-18(17)10-15(16)14-7-6-12(3)13(4)8-14/h6-8,11H,5,9-10H2,1-4H3. The van der Waals surface area contributed by atoms with E-state index in [9.17, 15) is 9.00 Å². The zero-order valence-corrected chi connectivity index (χ0v) is 12.5. The molecule has 0 spiro atoms. The summed E-state index contributed by atoms with van der Waals surface area (Å²) in [5.74, 6) is 1.16. The van der Waals surface area contributed by atoms with Crippen LogP contribution in [0.3, 0.4) is 0 Å².